The third-order valence-electron chi connectivity index (χ3n) is 3.89. The van der Waals surface area contributed by atoms with Crippen LogP contribution in [-0.2, 0) is 0 Å². The van der Waals surface area contributed by atoms with Crippen LogP contribution in [0.15, 0.2) is 18.2 Å². The highest BCUT2D eigenvalue weighted by Gasteiger charge is 2.23. The molecular weight excluding hydrogens is 256 g/mol. The van der Waals surface area contributed by atoms with Gasteiger partial charge in [-0.25, -0.2) is 0 Å². The van der Waals surface area contributed by atoms with Crippen LogP contribution in [-0.4, -0.2) is 50.1 Å². The van der Waals surface area contributed by atoms with Crippen molar-refractivity contribution in [1.29, 1.82) is 0 Å². The lowest BCUT2D eigenvalue weighted by molar-refractivity contribution is -0.384. The van der Waals surface area contributed by atoms with Gasteiger partial charge in [0.2, 0.25) is 0 Å². The normalized spacial score (nSPS) is 19.2. The molecule has 1 unspecified atom stereocenters. The van der Waals surface area contributed by atoms with Crippen LogP contribution in [0.2, 0.25) is 0 Å². The zero-order valence-corrected chi connectivity index (χ0v) is 12.3. The summed E-state index contributed by atoms with van der Waals surface area (Å²) in [6.45, 7) is 1.87. The summed E-state index contributed by atoms with van der Waals surface area (Å²) >= 11 is 0. The lowest BCUT2D eigenvalue weighted by Gasteiger charge is -2.37. The summed E-state index contributed by atoms with van der Waals surface area (Å²) in [6, 6.07) is 5.71. The summed E-state index contributed by atoms with van der Waals surface area (Å²) in [4.78, 5) is 15.2. The summed E-state index contributed by atoms with van der Waals surface area (Å²) < 4.78 is 0. The Hall–Kier alpha value is -1.82. The third-order valence-corrected chi connectivity index (χ3v) is 3.89. The van der Waals surface area contributed by atoms with Gasteiger partial charge >= 0.3 is 0 Å². The molecule has 6 heteroatoms. The van der Waals surface area contributed by atoms with E-state index in [1.807, 2.05) is 6.07 Å². The van der Waals surface area contributed by atoms with E-state index in [0.717, 1.165) is 30.9 Å². The zero-order chi connectivity index (χ0) is 14.7. The van der Waals surface area contributed by atoms with Gasteiger partial charge in [-0.1, -0.05) is 0 Å². The first kappa shape index (κ1) is 14.6. The van der Waals surface area contributed by atoms with Crippen molar-refractivity contribution in [3.05, 3.63) is 28.3 Å². The van der Waals surface area contributed by atoms with Crippen molar-refractivity contribution in [2.24, 2.45) is 0 Å². The molecule has 2 rings (SSSR count). The monoisotopic (exact) mass is 278 g/mol. The number of likely N-dealkylation sites (N-methyl/N-ethyl adjacent to an activating group) is 1. The van der Waals surface area contributed by atoms with Gasteiger partial charge in [0.15, 0.2) is 0 Å². The summed E-state index contributed by atoms with van der Waals surface area (Å²) in [6.07, 6.45) is 2.29. The number of hydrogen-bond acceptors (Lipinski definition) is 5. The van der Waals surface area contributed by atoms with Gasteiger partial charge in [-0.15, -0.1) is 0 Å². The van der Waals surface area contributed by atoms with E-state index < -0.39 is 0 Å². The van der Waals surface area contributed by atoms with Crippen molar-refractivity contribution in [2.45, 2.75) is 18.9 Å². The van der Waals surface area contributed by atoms with Crippen molar-refractivity contribution < 1.29 is 4.92 Å². The second-order valence-electron chi connectivity index (χ2n) is 5.45. The Morgan fingerprint density at radius 1 is 1.40 bits per heavy atom. The Balaban J connectivity index is 2.26. The summed E-state index contributed by atoms with van der Waals surface area (Å²) in [7, 11) is 5.95. The number of nitrogens with one attached hydrogen (secondary N) is 1. The van der Waals surface area contributed by atoms with Gasteiger partial charge in [0, 0.05) is 49.7 Å². The quantitative estimate of drug-likeness (QED) is 0.675. The van der Waals surface area contributed by atoms with E-state index in [0.29, 0.717) is 6.04 Å². The van der Waals surface area contributed by atoms with Crippen LogP contribution < -0.4 is 10.2 Å². The molecule has 6 nitrogen and oxygen atoms in total. The fraction of sp³-hybridized carbons (Fsp3) is 0.571. The zero-order valence-electron chi connectivity index (χ0n) is 12.3. The average molecular weight is 278 g/mol. The van der Waals surface area contributed by atoms with Crippen molar-refractivity contribution >= 4 is 17.1 Å². The van der Waals surface area contributed by atoms with Crippen molar-refractivity contribution in [1.82, 2.24) is 4.90 Å². The molecule has 0 bridgehead atoms. The van der Waals surface area contributed by atoms with E-state index in [9.17, 15) is 10.1 Å². The van der Waals surface area contributed by atoms with Gasteiger partial charge in [-0.2, -0.15) is 0 Å². The lowest BCUT2D eigenvalue weighted by Crippen LogP contribution is -2.45. The number of hydrogen-bond donors (Lipinski definition) is 1. The van der Waals surface area contributed by atoms with E-state index in [1.165, 1.54) is 6.42 Å². The molecule has 1 N–H and O–H groups in total. The third kappa shape index (κ3) is 3.19. The number of benzene rings is 1. The number of rotatable bonds is 4. The van der Waals surface area contributed by atoms with Crippen molar-refractivity contribution in [3.63, 3.8) is 0 Å². The molecule has 0 aromatic heterocycles. The fourth-order valence-corrected chi connectivity index (χ4v) is 2.64. The largest absolute Gasteiger partial charge is 0.388 e. The molecule has 1 atom stereocenters. The number of anilines is 2. The summed E-state index contributed by atoms with van der Waals surface area (Å²) in [5.74, 6) is 0. The van der Waals surface area contributed by atoms with E-state index in [2.05, 4.69) is 29.2 Å². The Labute approximate surface area is 119 Å². The standard InChI is InChI=1S/C14H22N4O2/c1-15-11-7-13(9-14(8-11)18(19)20)17-6-4-5-12(10-17)16(2)3/h7-9,12,15H,4-6,10H2,1-3H3. The molecular formula is C14H22N4O2. The predicted octanol–water partition coefficient (Wildman–Crippen LogP) is 2.17. The fourth-order valence-electron chi connectivity index (χ4n) is 2.64. The molecule has 0 saturated carbocycles. The van der Waals surface area contributed by atoms with Gasteiger partial charge in [-0.05, 0) is 33.0 Å². The first-order chi connectivity index (χ1) is 9.51. The Kier molecular flexibility index (Phi) is 4.44. The van der Waals surface area contributed by atoms with E-state index >= 15 is 0 Å². The molecule has 1 fully saturated rings. The number of nitro groups is 1. The molecule has 0 spiro atoms. The summed E-state index contributed by atoms with van der Waals surface area (Å²) in [5.41, 5.74) is 1.84. The molecule has 0 radical (unpaired) electrons. The second-order valence-corrected chi connectivity index (χ2v) is 5.45. The van der Waals surface area contributed by atoms with Crippen LogP contribution in [0.1, 0.15) is 12.8 Å². The van der Waals surface area contributed by atoms with Crippen molar-refractivity contribution in [3.8, 4) is 0 Å². The van der Waals surface area contributed by atoms with E-state index in [-0.39, 0.29) is 10.6 Å². The van der Waals surface area contributed by atoms with Crippen molar-refractivity contribution in [2.75, 3.05) is 44.4 Å². The minimum Gasteiger partial charge on any atom is -0.388 e. The number of nitrogens with zero attached hydrogens (tertiary/aromatic N) is 3. The topological polar surface area (TPSA) is 61.6 Å². The van der Waals surface area contributed by atoms with Gasteiger partial charge in [0.05, 0.1) is 4.92 Å². The minimum atomic E-state index is -0.336. The van der Waals surface area contributed by atoms with Gasteiger partial charge in [0.25, 0.3) is 5.69 Å². The van der Waals surface area contributed by atoms with Gasteiger partial charge in [-0.3, -0.25) is 10.1 Å². The van der Waals surface area contributed by atoms with Gasteiger partial charge in [0.1, 0.15) is 0 Å². The average Bonchev–Trinajstić information content (AvgIpc) is 2.46. The molecule has 1 saturated heterocycles. The molecule has 0 amide bonds. The molecule has 1 heterocycles. The predicted molar refractivity (Wildman–Crippen MR) is 81.6 cm³/mol. The number of nitro benzene ring substituents is 1. The number of non-ortho nitro benzene ring substituents is 1. The maximum Gasteiger partial charge on any atom is 0.273 e. The van der Waals surface area contributed by atoms with E-state index in [1.54, 1.807) is 19.2 Å². The Morgan fingerprint density at radius 2 is 2.15 bits per heavy atom. The van der Waals surface area contributed by atoms with Crippen LogP contribution in [0, 0.1) is 10.1 Å². The minimum absolute atomic E-state index is 0.138. The second kappa shape index (κ2) is 6.09. The maximum absolute atomic E-state index is 11.0. The molecule has 20 heavy (non-hydrogen) atoms. The highest BCUT2D eigenvalue weighted by molar-refractivity contribution is 5.64. The van der Waals surface area contributed by atoms with Crippen LogP contribution in [0.5, 0.6) is 0 Å². The van der Waals surface area contributed by atoms with Gasteiger partial charge < -0.3 is 15.1 Å². The van der Waals surface area contributed by atoms with Crippen LogP contribution in [0.3, 0.4) is 0 Å². The molecule has 1 aromatic rings. The number of piperidine rings is 1. The molecule has 1 aliphatic rings. The SMILES string of the molecule is CNc1cc(N2CCCC(N(C)C)C2)cc([N+](=O)[O-])c1. The first-order valence-corrected chi connectivity index (χ1v) is 6.90. The Bertz CT molecular complexity index is 490. The lowest BCUT2D eigenvalue weighted by atomic mass is 10.0. The van der Waals surface area contributed by atoms with Crippen LogP contribution in [0.25, 0.3) is 0 Å². The Morgan fingerprint density at radius 3 is 2.75 bits per heavy atom. The van der Waals surface area contributed by atoms with Crippen LogP contribution in [0.4, 0.5) is 17.1 Å². The highest BCUT2D eigenvalue weighted by atomic mass is 16.6. The molecule has 110 valence electrons. The maximum atomic E-state index is 11.0. The molecule has 1 aliphatic heterocycles. The molecule has 0 aliphatic carbocycles. The van der Waals surface area contributed by atoms with Crippen LogP contribution >= 0.6 is 0 Å². The van der Waals surface area contributed by atoms with E-state index in [4.69, 9.17) is 0 Å². The summed E-state index contributed by atoms with van der Waals surface area (Å²) in [5, 5.41) is 14.0. The first-order valence-electron chi connectivity index (χ1n) is 6.90. The highest BCUT2D eigenvalue weighted by Crippen LogP contribution is 2.29. The smallest absolute Gasteiger partial charge is 0.273 e. The molecule has 1 aromatic carbocycles.